The van der Waals surface area contributed by atoms with E-state index in [1.807, 2.05) is 48.5 Å². The van der Waals surface area contributed by atoms with E-state index in [0.29, 0.717) is 13.0 Å². The molecule has 0 saturated carbocycles. The molecule has 1 fully saturated rings. The lowest BCUT2D eigenvalue weighted by Gasteiger charge is -2.47. The molecular formula is C20H21NO4. The number of nitrogens with zero attached hydrogens (tertiary/aromatic N) is 1. The molecule has 0 radical (unpaired) electrons. The van der Waals surface area contributed by atoms with Crippen molar-refractivity contribution in [3.63, 3.8) is 0 Å². The van der Waals surface area contributed by atoms with Gasteiger partial charge in [0, 0.05) is 6.54 Å². The maximum absolute atomic E-state index is 12.4. The summed E-state index contributed by atoms with van der Waals surface area (Å²) in [6, 6.07) is 15.5. The summed E-state index contributed by atoms with van der Waals surface area (Å²) in [5, 5.41) is 9.27. The molecule has 1 aliphatic heterocycles. The van der Waals surface area contributed by atoms with Crippen LogP contribution in [0.1, 0.15) is 18.9 Å². The van der Waals surface area contributed by atoms with Crippen molar-refractivity contribution in [1.29, 1.82) is 0 Å². The Hall–Kier alpha value is -2.82. The van der Waals surface area contributed by atoms with E-state index in [-0.39, 0.29) is 12.3 Å². The molecule has 1 unspecified atom stereocenters. The molecule has 3 rings (SSSR count). The van der Waals surface area contributed by atoms with Gasteiger partial charge in [0.05, 0.1) is 13.5 Å². The van der Waals surface area contributed by atoms with Gasteiger partial charge in [0.2, 0.25) is 5.91 Å². The lowest BCUT2D eigenvalue weighted by atomic mass is 9.86. The van der Waals surface area contributed by atoms with Crippen molar-refractivity contribution in [1.82, 2.24) is 4.90 Å². The Morgan fingerprint density at radius 1 is 1.08 bits per heavy atom. The molecule has 130 valence electrons. The van der Waals surface area contributed by atoms with Crippen molar-refractivity contribution in [3.05, 3.63) is 54.1 Å². The second-order valence-electron chi connectivity index (χ2n) is 6.48. The number of carbonyl (C=O) groups excluding carboxylic acids is 1. The zero-order chi connectivity index (χ0) is 18.0. The molecule has 0 aromatic heterocycles. The first kappa shape index (κ1) is 17.0. The molecule has 2 aromatic rings. The highest BCUT2D eigenvalue weighted by atomic mass is 16.5. The van der Waals surface area contributed by atoms with E-state index in [2.05, 4.69) is 0 Å². The van der Waals surface area contributed by atoms with Gasteiger partial charge in [-0.2, -0.15) is 0 Å². The molecule has 1 atom stereocenters. The average molecular weight is 339 g/mol. The second-order valence-corrected chi connectivity index (χ2v) is 6.48. The summed E-state index contributed by atoms with van der Waals surface area (Å²) >= 11 is 0. The highest BCUT2D eigenvalue weighted by molar-refractivity contribution is 5.89. The minimum atomic E-state index is -1.06. The predicted octanol–water partition coefficient (Wildman–Crippen LogP) is 2.98. The van der Waals surface area contributed by atoms with Crippen LogP contribution in [0.5, 0.6) is 5.75 Å². The van der Waals surface area contributed by atoms with E-state index < -0.39 is 11.5 Å². The summed E-state index contributed by atoms with van der Waals surface area (Å²) in [5.74, 6) is -0.280. The zero-order valence-corrected chi connectivity index (χ0v) is 14.4. The van der Waals surface area contributed by atoms with Crippen molar-refractivity contribution >= 4 is 11.9 Å². The van der Waals surface area contributed by atoms with Crippen LogP contribution in [-0.2, 0) is 16.0 Å². The van der Waals surface area contributed by atoms with Gasteiger partial charge in [0.15, 0.2) is 0 Å². The number of benzene rings is 2. The number of amides is 1. The lowest BCUT2D eigenvalue weighted by molar-refractivity contribution is -0.168. The number of likely N-dealkylation sites (tertiary alicyclic amines) is 1. The lowest BCUT2D eigenvalue weighted by Crippen LogP contribution is -2.64. The van der Waals surface area contributed by atoms with Gasteiger partial charge in [-0.15, -0.1) is 0 Å². The van der Waals surface area contributed by atoms with Gasteiger partial charge < -0.3 is 14.7 Å². The molecule has 2 aromatic carbocycles. The normalized spacial score (nSPS) is 19.2. The van der Waals surface area contributed by atoms with Gasteiger partial charge in [-0.25, -0.2) is 4.79 Å². The van der Waals surface area contributed by atoms with E-state index in [0.717, 1.165) is 22.4 Å². The van der Waals surface area contributed by atoms with Crippen LogP contribution in [0, 0.1) is 0 Å². The topological polar surface area (TPSA) is 66.8 Å². The number of carboxylic acid groups (broad SMARTS) is 1. The predicted molar refractivity (Wildman–Crippen MR) is 94.5 cm³/mol. The summed E-state index contributed by atoms with van der Waals surface area (Å²) < 4.78 is 5.16. The van der Waals surface area contributed by atoms with Crippen molar-refractivity contribution in [2.24, 2.45) is 0 Å². The Kier molecular flexibility index (Phi) is 4.49. The fourth-order valence-electron chi connectivity index (χ4n) is 3.05. The number of rotatable bonds is 5. The number of hydrogen-bond donors (Lipinski definition) is 1. The quantitative estimate of drug-likeness (QED) is 0.909. The average Bonchev–Trinajstić information content (AvgIpc) is 2.60. The molecule has 1 aliphatic rings. The summed E-state index contributed by atoms with van der Waals surface area (Å²) in [6.45, 7) is 2.11. The van der Waals surface area contributed by atoms with E-state index >= 15 is 0 Å². The first-order valence-corrected chi connectivity index (χ1v) is 8.21. The molecule has 5 nitrogen and oxygen atoms in total. The van der Waals surface area contributed by atoms with Crippen molar-refractivity contribution in [2.45, 2.75) is 25.3 Å². The SMILES string of the molecule is COc1ccc(-c2ccc(CC(=O)N3CCC3(C)C(=O)O)cc2)cc1. The van der Waals surface area contributed by atoms with Gasteiger partial charge in [0.25, 0.3) is 0 Å². The van der Waals surface area contributed by atoms with Crippen molar-refractivity contribution < 1.29 is 19.4 Å². The van der Waals surface area contributed by atoms with E-state index in [4.69, 9.17) is 4.74 Å². The molecule has 1 N–H and O–H groups in total. The van der Waals surface area contributed by atoms with Crippen LogP contribution < -0.4 is 4.74 Å². The number of carbonyl (C=O) groups is 2. The highest BCUT2D eigenvalue weighted by Crippen LogP contribution is 2.31. The third-order valence-electron chi connectivity index (χ3n) is 4.91. The second kappa shape index (κ2) is 6.59. The fraction of sp³-hybridized carbons (Fsp3) is 0.300. The van der Waals surface area contributed by atoms with Gasteiger partial charge in [-0.1, -0.05) is 36.4 Å². The molecule has 0 bridgehead atoms. The highest BCUT2D eigenvalue weighted by Gasteiger charge is 2.49. The summed E-state index contributed by atoms with van der Waals surface area (Å²) in [6.07, 6.45) is 0.718. The number of hydrogen-bond acceptors (Lipinski definition) is 3. The van der Waals surface area contributed by atoms with Crippen LogP contribution >= 0.6 is 0 Å². The van der Waals surface area contributed by atoms with E-state index in [1.54, 1.807) is 14.0 Å². The van der Waals surface area contributed by atoms with E-state index in [1.165, 1.54) is 4.90 Å². The first-order chi connectivity index (χ1) is 11.9. The Labute approximate surface area is 146 Å². The number of methoxy groups -OCH3 is 1. The molecule has 1 saturated heterocycles. The standard InChI is InChI=1S/C20H21NO4/c1-20(19(23)24)11-12-21(20)18(22)13-14-3-5-15(6-4-14)16-7-9-17(25-2)10-8-16/h3-10H,11-13H2,1-2H3,(H,23,24). The molecule has 25 heavy (non-hydrogen) atoms. The summed E-state index contributed by atoms with van der Waals surface area (Å²) in [7, 11) is 1.63. The van der Waals surface area contributed by atoms with Crippen LogP contribution in [0.25, 0.3) is 11.1 Å². The minimum Gasteiger partial charge on any atom is -0.497 e. The van der Waals surface area contributed by atoms with E-state index in [9.17, 15) is 14.7 Å². The monoisotopic (exact) mass is 339 g/mol. The number of ether oxygens (including phenoxy) is 1. The Morgan fingerprint density at radius 2 is 1.64 bits per heavy atom. The van der Waals surface area contributed by atoms with Crippen molar-refractivity contribution in [2.75, 3.05) is 13.7 Å². The zero-order valence-electron chi connectivity index (χ0n) is 14.4. The van der Waals surface area contributed by atoms with Gasteiger partial charge in [-0.3, -0.25) is 4.79 Å². The molecule has 1 heterocycles. The first-order valence-electron chi connectivity index (χ1n) is 8.21. The molecule has 0 spiro atoms. The van der Waals surface area contributed by atoms with Crippen molar-refractivity contribution in [3.8, 4) is 16.9 Å². The molecule has 1 amide bonds. The Bertz CT molecular complexity index is 782. The van der Waals surface area contributed by atoms with Crippen LogP contribution in [0.4, 0.5) is 0 Å². The molecule has 0 aliphatic carbocycles. The van der Waals surface area contributed by atoms with Crippen LogP contribution in [-0.4, -0.2) is 41.1 Å². The Balaban J connectivity index is 1.68. The molecular weight excluding hydrogens is 318 g/mol. The smallest absolute Gasteiger partial charge is 0.329 e. The summed E-state index contributed by atoms with van der Waals surface area (Å²) in [5.41, 5.74) is 1.94. The van der Waals surface area contributed by atoms with Crippen LogP contribution in [0.3, 0.4) is 0 Å². The van der Waals surface area contributed by atoms with Crippen LogP contribution in [0.2, 0.25) is 0 Å². The maximum Gasteiger partial charge on any atom is 0.329 e. The summed E-state index contributed by atoms with van der Waals surface area (Å²) in [4.78, 5) is 25.2. The third-order valence-corrected chi connectivity index (χ3v) is 4.91. The maximum atomic E-state index is 12.4. The van der Waals surface area contributed by atoms with Gasteiger partial charge >= 0.3 is 5.97 Å². The number of aliphatic carboxylic acids is 1. The number of carboxylic acids is 1. The Morgan fingerprint density at radius 3 is 2.08 bits per heavy atom. The molecule has 5 heteroatoms. The largest absolute Gasteiger partial charge is 0.497 e. The van der Waals surface area contributed by atoms with Gasteiger partial charge in [-0.05, 0) is 42.2 Å². The third kappa shape index (κ3) is 3.22. The fourth-order valence-corrected chi connectivity index (χ4v) is 3.05. The van der Waals surface area contributed by atoms with Gasteiger partial charge in [0.1, 0.15) is 11.3 Å². The minimum absolute atomic E-state index is 0.145. The van der Waals surface area contributed by atoms with Crippen LogP contribution in [0.15, 0.2) is 48.5 Å².